The molecule has 0 unspecified atom stereocenters. The van der Waals surface area contributed by atoms with Gasteiger partial charge in [0.2, 0.25) is 5.91 Å². The van der Waals surface area contributed by atoms with Crippen LogP contribution in [0.1, 0.15) is 44.6 Å². The Morgan fingerprint density at radius 1 is 1.07 bits per heavy atom. The Bertz CT molecular complexity index is 610. The number of likely N-dealkylation sites (tertiary alicyclic amines) is 1. The van der Waals surface area contributed by atoms with Gasteiger partial charge in [0.25, 0.3) is 0 Å². The number of amides is 1. The molecule has 0 aromatic heterocycles. The predicted octanol–water partition coefficient (Wildman–Crippen LogP) is 2.13. The van der Waals surface area contributed by atoms with Crippen LogP contribution in [0, 0.1) is 0 Å². The van der Waals surface area contributed by atoms with Crippen LogP contribution in [-0.4, -0.2) is 63.1 Å². The number of carbonyl (C=O) groups excluding carboxylic acids is 1. The van der Waals surface area contributed by atoms with Gasteiger partial charge in [-0.25, -0.2) is 4.99 Å². The van der Waals surface area contributed by atoms with E-state index in [-0.39, 0.29) is 12.5 Å². The van der Waals surface area contributed by atoms with E-state index >= 15 is 0 Å². The molecule has 1 aliphatic rings. The van der Waals surface area contributed by atoms with Gasteiger partial charge in [0.05, 0.1) is 7.11 Å². The van der Waals surface area contributed by atoms with E-state index in [1.165, 1.54) is 38.8 Å². The van der Waals surface area contributed by atoms with Gasteiger partial charge in [-0.2, -0.15) is 0 Å². The molecule has 1 aromatic rings. The number of benzene rings is 1. The van der Waals surface area contributed by atoms with Crippen LogP contribution in [0.5, 0.6) is 5.75 Å². The molecule has 1 saturated heterocycles. The van der Waals surface area contributed by atoms with Crippen molar-refractivity contribution in [1.82, 2.24) is 20.9 Å². The monoisotopic (exact) mass is 403 g/mol. The number of ether oxygens (including phenoxy) is 1. The summed E-state index contributed by atoms with van der Waals surface area (Å²) in [5, 5.41) is 9.44. The smallest absolute Gasteiger partial charge is 0.242 e. The first-order chi connectivity index (χ1) is 14.2. The van der Waals surface area contributed by atoms with E-state index in [4.69, 9.17) is 4.74 Å². The summed E-state index contributed by atoms with van der Waals surface area (Å²) in [5.74, 6) is 1.41. The SMILES string of the molecule is CCNC(=NCC(=O)NCc1ccc(OC)cc1)NCCCN1CCCCCC1. The molecule has 0 bridgehead atoms. The third kappa shape index (κ3) is 9.65. The molecule has 1 heterocycles. The second kappa shape index (κ2) is 13.8. The van der Waals surface area contributed by atoms with E-state index in [0.717, 1.165) is 37.4 Å². The van der Waals surface area contributed by atoms with Gasteiger partial charge in [0.15, 0.2) is 5.96 Å². The van der Waals surface area contributed by atoms with Crippen LogP contribution in [0.25, 0.3) is 0 Å². The molecule has 7 heteroatoms. The summed E-state index contributed by atoms with van der Waals surface area (Å²) in [6, 6.07) is 7.66. The van der Waals surface area contributed by atoms with Crippen molar-refractivity contribution < 1.29 is 9.53 Å². The lowest BCUT2D eigenvalue weighted by atomic mass is 10.2. The summed E-state index contributed by atoms with van der Waals surface area (Å²) in [6.45, 7) is 7.81. The molecule has 1 aromatic carbocycles. The molecular weight excluding hydrogens is 366 g/mol. The summed E-state index contributed by atoms with van der Waals surface area (Å²) in [7, 11) is 1.64. The van der Waals surface area contributed by atoms with Crippen molar-refractivity contribution in [3.05, 3.63) is 29.8 Å². The molecular formula is C22H37N5O2. The van der Waals surface area contributed by atoms with Crippen molar-refractivity contribution >= 4 is 11.9 Å². The minimum absolute atomic E-state index is 0.0948. The van der Waals surface area contributed by atoms with Gasteiger partial charge < -0.3 is 25.6 Å². The van der Waals surface area contributed by atoms with Crippen LogP contribution in [0.4, 0.5) is 0 Å². The van der Waals surface area contributed by atoms with Gasteiger partial charge in [0.1, 0.15) is 12.3 Å². The quantitative estimate of drug-likeness (QED) is 0.317. The Kier molecular flexibility index (Phi) is 11.0. The number of guanidine groups is 1. The van der Waals surface area contributed by atoms with Gasteiger partial charge in [-0.15, -0.1) is 0 Å². The predicted molar refractivity (Wildman–Crippen MR) is 118 cm³/mol. The summed E-state index contributed by atoms with van der Waals surface area (Å²) >= 11 is 0. The lowest BCUT2D eigenvalue weighted by Crippen LogP contribution is -2.39. The van der Waals surface area contributed by atoms with E-state index < -0.39 is 0 Å². The minimum atomic E-state index is -0.0948. The minimum Gasteiger partial charge on any atom is -0.497 e. The number of aliphatic imine (C=N–C) groups is 1. The number of hydrogen-bond donors (Lipinski definition) is 3. The summed E-state index contributed by atoms with van der Waals surface area (Å²) in [4.78, 5) is 19.1. The molecule has 0 radical (unpaired) electrons. The first kappa shape index (κ1) is 23.0. The number of hydrogen-bond acceptors (Lipinski definition) is 4. The van der Waals surface area contributed by atoms with Crippen molar-refractivity contribution in [2.45, 2.75) is 45.6 Å². The van der Waals surface area contributed by atoms with Crippen LogP contribution in [-0.2, 0) is 11.3 Å². The number of nitrogens with zero attached hydrogens (tertiary/aromatic N) is 2. The van der Waals surface area contributed by atoms with Crippen molar-refractivity contribution in [3.63, 3.8) is 0 Å². The third-order valence-corrected chi connectivity index (χ3v) is 5.02. The van der Waals surface area contributed by atoms with Crippen LogP contribution in [0.2, 0.25) is 0 Å². The molecule has 2 rings (SSSR count). The number of rotatable bonds is 10. The first-order valence-electron chi connectivity index (χ1n) is 10.9. The molecule has 1 amide bonds. The average Bonchev–Trinajstić information content (AvgIpc) is 3.02. The molecule has 162 valence electrons. The molecule has 0 spiro atoms. The van der Waals surface area contributed by atoms with E-state index in [2.05, 4.69) is 25.8 Å². The van der Waals surface area contributed by atoms with Crippen molar-refractivity contribution in [2.75, 3.05) is 46.4 Å². The number of methoxy groups -OCH3 is 1. The van der Waals surface area contributed by atoms with Gasteiger partial charge in [-0.05, 0) is 63.5 Å². The highest BCUT2D eigenvalue weighted by atomic mass is 16.5. The van der Waals surface area contributed by atoms with E-state index in [1.807, 2.05) is 31.2 Å². The molecule has 1 fully saturated rings. The average molecular weight is 404 g/mol. The first-order valence-corrected chi connectivity index (χ1v) is 10.9. The zero-order valence-electron chi connectivity index (χ0n) is 18.0. The topological polar surface area (TPSA) is 78.0 Å². The second-order valence-electron chi connectivity index (χ2n) is 7.36. The third-order valence-electron chi connectivity index (χ3n) is 5.02. The maximum atomic E-state index is 12.1. The zero-order valence-corrected chi connectivity index (χ0v) is 18.0. The van der Waals surface area contributed by atoms with Crippen molar-refractivity contribution in [1.29, 1.82) is 0 Å². The zero-order chi connectivity index (χ0) is 20.7. The Morgan fingerprint density at radius 3 is 2.45 bits per heavy atom. The summed E-state index contributed by atoms with van der Waals surface area (Å²) in [5.41, 5.74) is 1.03. The fraction of sp³-hybridized carbons (Fsp3) is 0.636. The number of carbonyl (C=O) groups is 1. The lowest BCUT2D eigenvalue weighted by Gasteiger charge is -2.20. The highest BCUT2D eigenvalue weighted by molar-refractivity contribution is 5.84. The maximum Gasteiger partial charge on any atom is 0.242 e. The molecule has 29 heavy (non-hydrogen) atoms. The second-order valence-corrected chi connectivity index (χ2v) is 7.36. The Labute approximate surface area is 175 Å². The van der Waals surface area contributed by atoms with Crippen molar-refractivity contribution in [3.8, 4) is 5.75 Å². The van der Waals surface area contributed by atoms with E-state index in [0.29, 0.717) is 12.5 Å². The molecule has 0 aliphatic carbocycles. The number of nitrogens with one attached hydrogen (secondary N) is 3. The van der Waals surface area contributed by atoms with Gasteiger partial charge in [-0.1, -0.05) is 25.0 Å². The molecule has 0 saturated carbocycles. The van der Waals surface area contributed by atoms with Crippen LogP contribution < -0.4 is 20.7 Å². The van der Waals surface area contributed by atoms with E-state index in [9.17, 15) is 4.79 Å². The van der Waals surface area contributed by atoms with Gasteiger partial charge in [-0.3, -0.25) is 4.79 Å². The fourth-order valence-corrected chi connectivity index (χ4v) is 3.36. The van der Waals surface area contributed by atoms with Crippen LogP contribution >= 0.6 is 0 Å². The van der Waals surface area contributed by atoms with Gasteiger partial charge in [0, 0.05) is 19.6 Å². The highest BCUT2D eigenvalue weighted by Crippen LogP contribution is 2.11. The van der Waals surface area contributed by atoms with Crippen LogP contribution in [0.15, 0.2) is 29.3 Å². The van der Waals surface area contributed by atoms with E-state index in [1.54, 1.807) is 7.11 Å². The van der Waals surface area contributed by atoms with Crippen molar-refractivity contribution in [2.24, 2.45) is 4.99 Å². The Hall–Kier alpha value is -2.28. The normalized spacial score (nSPS) is 15.4. The molecule has 7 nitrogen and oxygen atoms in total. The summed E-state index contributed by atoms with van der Waals surface area (Å²) < 4.78 is 5.14. The lowest BCUT2D eigenvalue weighted by molar-refractivity contribution is -0.119. The summed E-state index contributed by atoms with van der Waals surface area (Å²) in [6.07, 6.45) is 6.46. The maximum absolute atomic E-state index is 12.1. The Morgan fingerprint density at radius 2 is 1.79 bits per heavy atom. The van der Waals surface area contributed by atoms with Crippen LogP contribution in [0.3, 0.4) is 0 Å². The highest BCUT2D eigenvalue weighted by Gasteiger charge is 2.08. The molecule has 1 aliphatic heterocycles. The fourth-order valence-electron chi connectivity index (χ4n) is 3.36. The Balaban J connectivity index is 1.67. The molecule has 0 atom stereocenters. The van der Waals surface area contributed by atoms with Gasteiger partial charge >= 0.3 is 0 Å². The largest absolute Gasteiger partial charge is 0.497 e. The standard InChI is InChI=1S/C22H37N5O2/c1-3-23-22(24-13-8-16-27-14-6-4-5-7-15-27)26-18-21(28)25-17-19-9-11-20(29-2)12-10-19/h9-12H,3-8,13-18H2,1-2H3,(H,25,28)(H2,23,24,26). The molecule has 3 N–H and O–H groups in total.